The Kier molecular flexibility index (Phi) is 7.99. The lowest BCUT2D eigenvalue weighted by atomic mass is 9.93. The fourth-order valence-corrected chi connectivity index (χ4v) is 3.39. The van der Waals surface area contributed by atoms with Crippen molar-refractivity contribution in [3.05, 3.63) is 95.2 Å². The van der Waals surface area contributed by atoms with Crippen LogP contribution in [0.15, 0.2) is 72.9 Å². The normalized spacial score (nSPS) is 13.1. The number of allylic oxidation sites excluding steroid dienone is 1. The molecule has 35 heavy (non-hydrogen) atoms. The number of alkyl halides is 6. The van der Waals surface area contributed by atoms with Crippen LogP contribution >= 0.6 is 0 Å². The standard InChI is InChI=1S/C26H21F6NO2/c1-35-24(34)20-6-3-17(4-7-20)2-5-18(14-15-25(27,28)29)21-10-13-23(33-16-21)19-8-11-22(12-9-19)26(30,31)32/h2-13,16,18H,14-15H2,1H3. The Morgan fingerprint density at radius 1 is 0.943 bits per heavy atom. The van der Waals surface area contributed by atoms with E-state index in [1.165, 1.54) is 25.4 Å². The third-order valence-corrected chi connectivity index (χ3v) is 5.31. The summed E-state index contributed by atoms with van der Waals surface area (Å²) >= 11 is 0. The topological polar surface area (TPSA) is 39.2 Å². The second-order valence-corrected chi connectivity index (χ2v) is 7.78. The Morgan fingerprint density at radius 3 is 2.11 bits per heavy atom. The van der Waals surface area contributed by atoms with Gasteiger partial charge in [-0.25, -0.2) is 4.79 Å². The first-order chi connectivity index (χ1) is 16.5. The number of nitrogens with zero attached hydrogens (tertiary/aromatic N) is 1. The molecule has 0 bridgehead atoms. The Labute approximate surface area is 198 Å². The number of methoxy groups -OCH3 is 1. The molecular formula is C26H21F6NO2. The van der Waals surface area contributed by atoms with Gasteiger partial charge in [0.15, 0.2) is 0 Å². The van der Waals surface area contributed by atoms with Crippen LogP contribution in [-0.2, 0) is 10.9 Å². The van der Waals surface area contributed by atoms with Gasteiger partial charge < -0.3 is 4.74 Å². The van der Waals surface area contributed by atoms with Crippen molar-refractivity contribution in [2.45, 2.75) is 31.1 Å². The summed E-state index contributed by atoms with van der Waals surface area (Å²) in [6, 6.07) is 14.1. The molecule has 1 unspecified atom stereocenters. The summed E-state index contributed by atoms with van der Waals surface area (Å²) in [5.41, 5.74) is 1.64. The molecule has 0 N–H and O–H groups in total. The highest BCUT2D eigenvalue weighted by atomic mass is 19.4. The zero-order chi connectivity index (χ0) is 25.6. The minimum Gasteiger partial charge on any atom is -0.465 e. The number of ether oxygens (including phenoxy) is 1. The average molecular weight is 493 g/mol. The summed E-state index contributed by atoms with van der Waals surface area (Å²) in [6.07, 6.45) is -5.26. The van der Waals surface area contributed by atoms with E-state index in [4.69, 9.17) is 0 Å². The van der Waals surface area contributed by atoms with E-state index in [0.717, 1.165) is 12.1 Å². The molecule has 0 aliphatic carbocycles. The molecule has 184 valence electrons. The maximum atomic E-state index is 12.9. The number of carbonyl (C=O) groups excluding carboxylic acids is 1. The van der Waals surface area contributed by atoms with Gasteiger partial charge in [-0.15, -0.1) is 0 Å². The zero-order valence-electron chi connectivity index (χ0n) is 18.5. The molecule has 0 aliphatic rings. The lowest BCUT2D eigenvalue weighted by Crippen LogP contribution is -2.09. The number of carbonyl (C=O) groups is 1. The van der Waals surface area contributed by atoms with Crippen LogP contribution in [0.4, 0.5) is 26.3 Å². The number of esters is 1. The van der Waals surface area contributed by atoms with Crippen molar-refractivity contribution in [1.29, 1.82) is 0 Å². The van der Waals surface area contributed by atoms with Crippen LogP contribution in [0.3, 0.4) is 0 Å². The van der Waals surface area contributed by atoms with Crippen molar-refractivity contribution in [2.24, 2.45) is 0 Å². The van der Waals surface area contributed by atoms with Gasteiger partial charge in [0.25, 0.3) is 0 Å². The molecule has 3 aromatic rings. The smallest absolute Gasteiger partial charge is 0.416 e. The summed E-state index contributed by atoms with van der Waals surface area (Å²) < 4.78 is 81.6. The van der Waals surface area contributed by atoms with Crippen molar-refractivity contribution in [3.63, 3.8) is 0 Å². The van der Waals surface area contributed by atoms with Crippen LogP contribution in [-0.4, -0.2) is 24.2 Å². The van der Waals surface area contributed by atoms with Crippen LogP contribution in [0.25, 0.3) is 17.3 Å². The fourth-order valence-electron chi connectivity index (χ4n) is 3.39. The molecule has 0 spiro atoms. The van der Waals surface area contributed by atoms with Crippen LogP contribution in [0.1, 0.15) is 45.8 Å². The van der Waals surface area contributed by atoms with E-state index in [-0.39, 0.29) is 6.42 Å². The van der Waals surface area contributed by atoms with Gasteiger partial charge in [-0.05, 0) is 47.9 Å². The lowest BCUT2D eigenvalue weighted by molar-refractivity contribution is -0.137. The summed E-state index contributed by atoms with van der Waals surface area (Å²) in [5, 5.41) is 0. The van der Waals surface area contributed by atoms with E-state index in [2.05, 4.69) is 9.72 Å². The van der Waals surface area contributed by atoms with Gasteiger partial charge in [-0.3, -0.25) is 4.98 Å². The van der Waals surface area contributed by atoms with Crippen LogP contribution in [0, 0.1) is 0 Å². The first kappa shape index (κ1) is 26.0. The quantitative estimate of drug-likeness (QED) is 0.250. The Balaban J connectivity index is 1.81. The molecule has 0 fully saturated rings. The number of aromatic nitrogens is 1. The third-order valence-electron chi connectivity index (χ3n) is 5.31. The lowest BCUT2D eigenvalue weighted by Gasteiger charge is -2.15. The zero-order valence-corrected chi connectivity index (χ0v) is 18.5. The van der Waals surface area contributed by atoms with Crippen LogP contribution in [0.5, 0.6) is 0 Å². The van der Waals surface area contributed by atoms with Crippen LogP contribution < -0.4 is 0 Å². The molecule has 3 nitrogen and oxygen atoms in total. The van der Waals surface area contributed by atoms with Gasteiger partial charge >= 0.3 is 18.3 Å². The summed E-state index contributed by atoms with van der Waals surface area (Å²) in [7, 11) is 1.26. The van der Waals surface area contributed by atoms with E-state index in [1.807, 2.05) is 0 Å². The monoisotopic (exact) mass is 493 g/mol. The Morgan fingerprint density at radius 2 is 1.60 bits per heavy atom. The summed E-state index contributed by atoms with van der Waals surface area (Å²) in [5.74, 6) is -1.10. The molecule has 1 aromatic heterocycles. The molecule has 1 atom stereocenters. The molecule has 9 heteroatoms. The highest BCUT2D eigenvalue weighted by molar-refractivity contribution is 5.89. The van der Waals surface area contributed by atoms with Gasteiger partial charge in [0.1, 0.15) is 0 Å². The van der Waals surface area contributed by atoms with E-state index < -0.39 is 36.2 Å². The number of rotatable bonds is 7. The van der Waals surface area contributed by atoms with Gasteiger partial charge in [0.2, 0.25) is 0 Å². The number of pyridine rings is 1. The first-order valence-corrected chi connectivity index (χ1v) is 10.5. The number of halogens is 6. The second-order valence-electron chi connectivity index (χ2n) is 7.78. The second kappa shape index (κ2) is 10.8. The molecule has 0 saturated heterocycles. The predicted octanol–water partition coefficient (Wildman–Crippen LogP) is 7.69. The number of hydrogen-bond donors (Lipinski definition) is 0. The minimum atomic E-state index is -4.45. The maximum Gasteiger partial charge on any atom is 0.416 e. The molecule has 0 amide bonds. The van der Waals surface area contributed by atoms with E-state index >= 15 is 0 Å². The summed E-state index contributed by atoms with van der Waals surface area (Å²) in [4.78, 5) is 15.8. The predicted molar refractivity (Wildman–Crippen MR) is 120 cm³/mol. The highest BCUT2D eigenvalue weighted by Crippen LogP contribution is 2.33. The molecule has 2 aromatic carbocycles. The molecular weight excluding hydrogens is 472 g/mol. The number of benzene rings is 2. The number of hydrogen-bond acceptors (Lipinski definition) is 3. The third kappa shape index (κ3) is 7.43. The van der Waals surface area contributed by atoms with Crippen molar-refractivity contribution < 1.29 is 35.9 Å². The van der Waals surface area contributed by atoms with Gasteiger partial charge in [0.05, 0.1) is 23.9 Å². The van der Waals surface area contributed by atoms with Gasteiger partial charge in [-0.2, -0.15) is 26.3 Å². The fraction of sp³-hybridized carbons (Fsp3) is 0.231. The van der Waals surface area contributed by atoms with Gasteiger partial charge in [-0.1, -0.05) is 42.5 Å². The van der Waals surface area contributed by atoms with E-state index in [9.17, 15) is 31.1 Å². The highest BCUT2D eigenvalue weighted by Gasteiger charge is 2.30. The largest absolute Gasteiger partial charge is 0.465 e. The molecule has 0 radical (unpaired) electrons. The Bertz CT molecular complexity index is 1150. The van der Waals surface area contributed by atoms with Crippen LogP contribution in [0.2, 0.25) is 0 Å². The molecule has 1 heterocycles. The average Bonchev–Trinajstić information content (AvgIpc) is 2.83. The van der Waals surface area contributed by atoms with Crippen molar-refractivity contribution in [3.8, 4) is 11.3 Å². The molecule has 0 saturated carbocycles. The Hall–Kier alpha value is -3.62. The first-order valence-electron chi connectivity index (χ1n) is 10.5. The van der Waals surface area contributed by atoms with Crippen molar-refractivity contribution in [2.75, 3.05) is 7.11 Å². The van der Waals surface area contributed by atoms with E-state index in [1.54, 1.807) is 48.6 Å². The van der Waals surface area contributed by atoms with Crippen molar-refractivity contribution >= 4 is 12.0 Å². The maximum absolute atomic E-state index is 12.9. The van der Waals surface area contributed by atoms with Crippen molar-refractivity contribution in [1.82, 2.24) is 4.98 Å². The minimum absolute atomic E-state index is 0.207. The van der Waals surface area contributed by atoms with Gasteiger partial charge in [0, 0.05) is 24.1 Å². The molecule has 0 aliphatic heterocycles. The molecule has 3 rings (SSSR count). The van der Waals surface area contributed by atoms with E-state index in [0.29, 0.717) is 27.9 Å². The summed E-state index contributed by atoms with van der Waals surface area (Å²) in [6.45, 7) is 0. The SMILES string of the molecule is COC(=O)c1ccc(C=CC(CCC(F)(F)F)c2ccc(-c3ccc(C(F)(F)F)cc3)nc2)cc1.